The summed E-state index contributed by atoms with van der Waals surface area (Å²) < 4.78 is 11.6. The summed E-state index contributed by atoms with van der Waals surface area (Å²) in [5, 5.41) is 2.34. The average Bonchev–Trinajstić information content (AvgIpc) is 2.40. The second kappa shape index (κ2) is 8.21. The molecule has 0 aliphatic heterocycles. The zero-order valence-electron chi connectivity index (χ0n) is 15.5. The van der Waals surface area contributed by atoms with Gasteiger partial charge in [-0.1, -0.05) is 20.8 Å². The van der Waals surface area contributed by atoms with Gasteiger partial charge in [0.1, 0.15) is 6.54 Å². The number of quaternary nitrogens is 1. The van der Waals surface area contributed by atoms with Crippen LogP contribution in [0.3, 0.4) is 0 Å². The summed E-state index contributed by atoms with van der Waals surface area (Å²) in [5.41, 5.74) is 6.67. The van der Waals surface area contributed by atoms with Crippen molar-refractivity contribution in [2.75, 3.05) is 13.7 Å². The summed E-state index contributed by atoms with van der Waals surface area (Å²) in [6.45, 7) is 11.9. The van der Waals surface area contributed by atoms with E-state index in [1.807, 2.05) is 12.1 Å². The van der Waals surface area contributed by atoms with Crippen LogP contribution in [-0.2, 0) is 11.3 Å². The van der Waals surface area contributed by atoms with E-state index < -0.39 is 5.91 Å². The highest BCUT2D eigenvalue weighted by Gasteiger charge is 2.28. The maximum Gasteiger partial charge on any atom is 0.255 e. The monoisotopic (exact) mass is 401 g/mol. The largest absolute Gasteiger partial charge is 0.493 e. The molecule has 1 aromatic carbocycles. The van der Waals surface area contributed by atoms with E-state index in [4.69, 9.17) is 15.2 Å². The zero-order valence-corrected chi connectivity index (χ0v) is 17.1. The molecular weight excluding hydrogens is 372 g/mol. The van der Waals surface area contributed by atoms with Crippen LogP contribution in [0.5, 0.6) is 11.5 Å². The lowest BCUT2D eigenvalue weighted by Crippen LogP contribution is -2.94. The van der Waals surface area contributed by atoms with Crippen LogP contribution in [-0.4, -0.2) is 25.2 Å². The van der Waals surface area contributed by atoms with Crippen LogP contribution in [0.2, 0.25) is 0 Å². The number of hydrogen-bond donors (Lipinski definition) is 2. The van der Waals surface area contributed by atoms with Gasteiger partial charge >= 0.3 is 0 Å². The van der Waals surface area contributed by atoms with E-state index >= 15 is 0 Å². The van der Waals surface area contributed by atoms with E-state index in [2.05, 4.69) is 55.9 Å². The first-order valence-electron chi connectivity index (χ1n) is 8.05. The van der Waals surface area contributed by atoms with E-state index in [1.165, 1.54) is 0 Å². The van der Waals surface area contributed by atoms with E-state index in [0.29, 0.717) is 11.5 Å². The molecule has 0 saturated carbocycles. The Kier molecular flexibility index (Phi) is 7.10. The Labute approximate surface area is 153 Å². The Morgan fingerprint density at radius 1 is 1.25 bits per heavy atom. The molecule has 0 fully saturated rings. The van der Waals surface area contributed by atoms with Gasteiger partial charge in [-0.25, -0.2) is 0 Å². The first-order valence-corrected chi connectivity index (χ1v) is 8.85. The lowest BCUT2D eigenvalue weighted by molar-refractivity contribution is -0.737. The summed E-state index contributed by atoms with van der Waals surface area (Å²) in [7, 11) is 1.58. The molecule has 0 bridgehead atoms. The number of primary amides is 1. The molecule has 1 amide bonds. The van der Waals surface area contributed by atoms with Gasteiger partial charge in [-0.3, -0.25) is 4.79 Å². The lowest BCUT2D eigenvalue weighted by atomic mass is 9.82. The Bertz CT molecular complexity index is 580. The molecule has 5 nitrogen and oxygen atoms in total. The summed E-state index contributed by atoms with van der Waals surface area (Å²) >= 11 is 3.49. The molecule has 0 heterocycles. The average molecular weight is 402 g/mol. The fraction of sp³-hybridized carbons (Fsp3) is 0.611. The van der Waals surface area contributed by atoms with E-state index in [0.717, 1.165) is 23.0 Å². The highest BCUT2D eigenvalue weighted by molar-refractivity contribution is 9.10. The van der Waals surface area contributed by atoms with E-state index in [-0.39, 0.29) is 17.6 Å². The van der Waals surface area contributed by atoms with Crippen molar-refractivity contribution in [2.45, 2.75) is 53.1 Å². The van der Waals surface area contributed by atoms with Crippen LogP contribution in [0.1, 0.15) is 46.6 Å². The maximum atomic E-state index is 10.9. The van der Waals surface area contributed by atoms with Crippen LogP contribution in [0, 0.1) is 5.41 Å². The van der Waals surface area contributed by atoms with Crippen molar-refractivity contribution in [3.05, 3.63) is 22.2 Å². The summed E-state index contributed by atoms with van der Waals surface area (Å²) in [5.74, 6) is 0.557. The first-order chi connectivity index (χ1) is 10.9. The molecule has 0 spiro atoms. The number of nitrogens with two attached hydrogens (primary N) is 2. The Morgan fingerprint density at radius 3 is 2.38 bits per heavy atom. The van der Waals surface area contributed by atoms with Crippen molar-refractivity contribution in [1.82, 2.24) is 0 Å². The van der Waals surface area contributed by atoms with Crippen LogP contribution in [0.15, 0.2) is 16.6 Å². The molecule has 136 valence electrons. The fourth-order valence-corrected chi connectivity index (χ4v) is 3.61. The third-order valence-corrected chi connectivity index (χ3v) is 4.11. The second-order valence-corrected chi connectivity index (χ2v) is 8.85. The molecule has 0 saturated heterocycles. The van der Waals surface area contributed by atoms with E-state index in [9.17, 15) is 4.79 Å². The number of halogens is 1. The number of rotatable bonds is 8. The van der Waals surface area contributed by atoms with Gasteiger partial charge < -0.3 is 20.5 Å². The van der Waals surface area contributed by atoms with Gasteiger partial charge in [0.05, 0.1) is 17.1 Å². The van der Waals surface area contributed by atoms with Gasteiger partial charge in [0, 0.05) is 12.0 Å². The number of benzene rings is 1. The number of methoxy groups -OCH3 is 1. The number of hydrogen-bond acceptors (Lipinski definition) is 3. The molecule has 4 N–H and O–H groups in total. The number of ether oxygens (including phenoxy) is 2. The molecule has 0 radical (unpaired) electrons. The second-order valence-electron chi connectivity index (χ2n) is 8.00. The topological polar surface area (TPSA) is 78.2 Å². The molecule has 6 heteroatoms. The van der Waals surface area contributed by atoms with Gasteiger partial charge in [0.25, 0.3) is 5.91 Å². The van der Waals surface area contributed by atoms with Crippen LogP contribution in [0.4, 0.5) is 0 Å². The number of amides is 1. The maximum absolute atomic E-state index is 10.9. The summed E-state index contributed by atoms with van der Waals surface area (Å²) in [4.78, 5) is 10.9. The van der Waals surface area contributed by atoms with Crippen molar-refractivity contribution >= 4 is 21.8 Å². The Hall–Kier alpha value is -1.27. The number of carbonyl (C=O) groups excluding carboxylic acids is 1. The van der Waals surface area contributed by atoms with Crippen LogP contribution in [0.25, 0.3) is 0 Å². The van der Waals surface area contributed by atoms with Crippen molar-refractivity contribution in [3.63, 3.8) is 0 Å². The predicted octanol–water partition coefficient (Wildman–Crippen LogP) is 2.60. The normalized spacial score (nSPS) is 12.1. The third-order valence-electron chi connectivity index (χ3n) is 3.52. The molecule has 24 heavy (non-hydrogen) atoms. The quantitative estimate of drug-likeness (QED) is 0.702. The predicted molar refractivity (Wildman–Crippen MR) is 99.2 cm³/mol. The summed E-state index contributed by atoms with van der Waals surface area (Å²) in [6.07, 6.45) is 1.11. The molecule has 0 aromatic heterocycles. The minimum atomic E-state index is -0.523. The van der Waals surface area contributed by atoms with Crippen molar-refractivity contribution in [3.8, 4) is 11.5 Å². The van der Waals surface area contributed by atoms with Crippen LogP contribution < -0.4 is 20.5 Å². The van der Waals surface area contributed by atoms with Crippen molar-refractivity contribution < 1.29 is 19.6 Å². The van der Waals surface area contributed by atoms with Gasteiger partial charge in [0.15, 0.2) is 18.1 Å². The number of carbonyl (C=O) groups is 1. The molecule has 1 rings (SSSR count). The van der Waals surface area contributed by atoms with Crippen LogP contribution >= 0.6 is 15.9 Å². The molecule has 1 aromatic rings. The van der Waals surface area contributed by atoms with Gasteiger partial charge in [0.2, 0.25) is 0 Å². The minimum Gasteiger partial charge on any atom is -0.493 e. The van der Waals surface area contributed by atoms with E-state index in [1.54, 1.807) is 7.11 Å². The highest BCUT2D eigenvalue weighted by Crippen LogP contribution is 2.36. The summed E-state index contributed by atoms with van der Waals surface area (Å²) in [6, 6.07) is 3.92. The smallest absolute Gasteiger partial charge is 0.255 e. The van der Waals surface area contributed by atoms with Crippen molar-refractivity contribution in [2.24, 2.45) is 11.1 Å². The van der Waals surface area contributed by atoms with Crippen molar-refractivity contribution in [1.29, 1.82) is 0 Å². The molecule has 0 unspecified atom stereocenters. The fourth-order valence-electron chi connectivity index (χ4n) is 3.01. The zero-order chi connectivity index (χ0) is 18.5. The highest BCUT2D eigenvalue weighted by atomic mass is 79.9. The molecule has 0 atom stereocenters. The SMILES string of the molecule is COc1cc(C[NH2+]C(C)(C)CC(C)(C)C)cc(Br)c1OCC(N)=O. The Balaban J connectivity index is 2.87. The third kappa shape index (κ3) is 7.09. The lowest BCUT2D eigenvalue weighted by Gasteiger charge is -2.30. The van der Waals surface area contributed by atoms with Gasteiger partial charge in [-0.2, -0.15) is 0 Å². The molecule has 0 aliphatic carbocycles. The van der Waals surface area contributed by atoms with Gasteiger partial charge in [-0.05, 0) is 47.3 Å². The van der Waals surface area contributed by atoms with Gasteiger partial charge in [-0.15, -0.1) is 0 Å². The first kappa shape index (κ1) is 20.8. The molecule has 0 aliphatic rings. The standard InChI is InChI=1S/C18H29BrN2O3/c1-17(2,3)11-18(4,5)21-9-12-7-13(19)16(14(8-12)23-6)24-10-15(20)22/h7-8,21H,9-11H2,1-6H3,(H2,20,22)/p+1. The molecular formula is C18H30BrN2O3+. The minimum absolute atomic E-state index is 0.138. The Morgan fingerprint density at radius 2 is 1.88 bits per heavy atom.